The van der Waals surface area contributed by atoms with Gasteiger partial charge in [-0.2, -0.15) is 8.42 Å². The zero-order chi connectivity index (χ0) is 20.4. The standard InChI is InChI=1S/C15H18N4O8S/c1-28(25,26)27-8-4-6-5-18(15(24)17-7-2-3-16-12(7)20)11-9(6)19(13(11)21)10(8)14(22)23/h6-7,9,11H,2-5H2,1H3,(H,16,20)(H,17,24)(H,22,23)/t6-,7+,9-,11+/m1/s1. The summed E-state index contributed by atoms with van der Waals surface area (Å²) in [6.07, 6.45) is 1.19. The van der Waals surface area contributed by atoms with E-state index in [0.717, 1.165) is 11.2 Å². The van der Waals surface area contributed by atoms with Gasteiger partial charge in [-0.1, -0.05) is 0 Å². The van der Waals surface area contributed by atoms with E-state index in [2.05, 4.69) is 10.6 Å². The maximum absolute atomic E-state index is 12.6. The third kappa shape index (κ3) is 2.77. The number of nitrogens with one attached hydrogen (secondary N) is 2. The highest BCUT2D eigenvalue weighted by Crippen LogP contribution is 2.47. The summed E-state index contributed by atoms with van der Waals surface area (Å²) in [5.41, 5.74) is -0.509. The van der Waals surface area contributed by atoms with Gasteiger partial charge in [0.2, 0.25) is 5.91 Å². The first-order valence-electron chi connectivity index (χ1n) is 8.62. The van der Waals surface area contributed by atoms with Crippen LogP contribution in [0.3, 0.4) is 0 Å². The summed E-state index contributed by atoms with van der Waals surface area (Å²) in [7, 11) is -3.99. The number of likely N-dealkylation sites (tertiary alicyclic amines) is 1. The molecular formula is C15H18N4O8S. The second-order valence-electron chi connectivity index (χ2n) is 7.21. The van der Waals surface area contributed by atoms with Gasteiger partial charge in [0.05, 0.1) is 12.3 Å². The molecule has 3 saturated heterocycles. The summed E-state index contributed by atoms with van der Waals surface area (Å²) < 4.78 is 27.8. The van der Waals surface area contributed by atoms with E-state index in [9.17, 15) is 32.7 Å². The van der Waals surface area contributed by atoms with Crippen LogP contribution in [0.1, 0.15) is 12.8 Å². The van der Waals surface area contributed by atoms with Crippen LogP contribution in [0.4, 0.5) is 4.79 Å². The lowest BCUT2D eigenvalue weighted by molar-refractivity contribution is -0.156. The maximum Gasteiger partial charge on any atom is 0.356 e. The fraction of sp³-hybridized carbons (Fsp3) is 0.600. The largest absolute Gasteiger partial charge is 0.476 e. The topological polar surface area (TPSA) is 162 Å². The molecule has 152 valence electrons. The van der Waals surface area contributed by atoms with Gasteiger partial charge in [0.15, 0.2) is 11.5 Å². The highest BCUT2D eigenvalue weighted by molar-refractivity contribution is 7.86. The van der Waals surface area contributed by atoms with Crippen LogP contribution in [0, 0.1) is 5.92 Å². The van der Waals surface area contributed by atoms with Gasteiger partial charge in [0.1, 0.15) is 12.1 Å². The number of carbonyl (C=O) groups is 4. The molecule has 0 radical (unpaired) electrons. The number of carboxylic acids is 1. The molecule has 0 saturated carbocycles. The van der Waals surface area contributed by atoms with Crippen LogP contribution < -0.4 is 10.6 Å². The second-order valence-corrected chi connectivity index (χ2v) is 8.78. The van der Waals surface area contributed by atoms with Crippen molar-refractivity contribution in [3.63, 3.8) is 0 Å². The molecule has 0 spiro atoms. The summed E-state index contributed by atoms with van der Waals surface area (Å²) in [6, 6.07) is -2.67. The Morgan fingerprint density at radius 2 is 2.04 bits per heavy atom. The molecule has 0 aromatic carbocycles. The van der Waals surface area contributed by atoms with Crippen LogP contribution in [0.15, 0.2) is 11.5 Å². The molecule has 0 aromatic heterocycles. The second kappa shape index (κ2) is 6.09. The van der Waals surface area contributed by atoms with E-state index in [1.54, 1.807) is 0 Å². The Balaban J connectivity index is 1.58. The molecule has 0 aromatic rings. The number of allylic oxidation sites excluding steroid dienone is 1. The van der Waals surface area contributed by atoms with Crippen LogP contribution in [0.25, 0.3) is 0 Å². The number of nitrogens with zero attached hydrogens (tertiary/aromatic N) is 2. The molecular weight excluding hydrogens is 396 g/mol. The normalized spacial score (nSPS) is 31.3. The van der Waals surface area contributed by atoms with E-state index in [-0.39, 0.29) is 30.5 Å². The molecule has 0 aliphatic carbocycles. The van der Waals surface area contributed by atoms with E-state index in [1.165, 1.54) is 4.90 Å². The van der Waals surface area contributed by atoms with Crippen molar-refractivity contribution in [3.05, 3.63) is 11.5 Å². The minimum absolute atomic E-state index is 0.0344. The smallest absolute Gasteiger partial charge is 0.356 e. The molecule has 3 N–H and O–H groups in total. The number of carboxylic acid groups (broad SMARTS) is 1. The Bertz CT molecular complexity index is 928. The number of rotatable bonds is 4. The molecule has 4 aliphatic heterocycles. The van der Waals surface area contributed by atoms with Crippen LogP contribution >= 0.6 is 0 Å². The third-order valence-corrected chi connectivity index (χ3v) is 5.88. The summed E-state index contributed by atoms with van der Waals surface area (Å²) >= 11 is 0. The molecule has 4 atom stereocenters. The molecule has 4 amide bonds. The summed E-state index contributed by atoms with van der Waals surface area (Å²) in [6.45, 7) is 0.560. The lowest BCUT2D eigenvalue weighted by Gasteiger charge is -2.49. The fourth-order valence-corrected chi connectivity index (χ4v) is 4.83. The zero-order valence-corrected chi connectivity index (χ0v) is 15.6. The maximum atomic E-state index is 12.6. The Hall–Kier alpha value is -2.83. The van der Waals surface area contributed by atoms with Gasteiger partial charge >= 0.3 is 22.1 Å². The SMILES string of the molecule is CS(=O)(=O)OC1=C(C(=O)O)N2C(=O)[C@@H]3[C@H]2[C@H](C1)CN3C(=O)N[C@H]1CCNC1=O. The van der Waals surface area contributed by atoms with Gasteiger partial charge in [0.25, 0.3) is 5.91 Å². The van der Waals surface area contributed by atoms with Crippen molar-refractivity contribution >= 4 is 33.9 Å². The molecule has 28 heavy (non-hydrogen) atoms. The number of carbonyl (C=O) groups excluding carboxylic acids is 3. The highest BCUT2D eigenvalue weighted by atomic mass is 32.2. The number of β-lactam (4-membered cyclic amide) rings is 1. The number of hydrogen-bond acceptors (Lipinski definition) is 7. The Labute approximate surface area is 159 Å². The van der Waals surface area contributed by atoms with Crippen molar-refractivity contribution in [3.8, 4) is 0 Å². The first kappa shape index (κ1) is 18.5. The number of amides is 4. The van der Waals surface area contributed by atoms with Crippen LogP contribution in [0.2, 0.25) is 0 Å². The first-order valence-corrected chi connectivity index (χ1v) is 10.4. The highest BCUT2D eigenvalue weighted by Gasteiger charge is 2.65. The Morgan fingerprint density at radius 1 is 1.32 bits per heavy atom. The third-order valence-electron chi connectivity index (χ3n) is 5.38. The molecule has 4 heterocycles. The van der Waals surface area contributed by atoms with Crippen LogP contribution in [-0.2, 0) is 28.7 Å². The van der Waals surface area contributed by atoms with Gasteiger partial charge in [-0.05, 0) is 6.42 Å². The van der Waals surface area contributed by atoms with E-state index >= 15 is 0 Å². The average molecular weight is 414 g/mol. The predicted octanol–water partition coefficient (Wildman–Crippen LogP) is -2.23. The van der Waals surface area contributed by atoms with Gasteiger partial charge in [-0.25, -0.2) is 9.59 Å². The number of aliphatic carboxylic acids is 1. The predicted molar refractivity (Wildman–Crippen MR) is 89.8 cm³/mol. The lowest BCUT2D eigenvalue weighted by atomic mass is 9.82. The molecule has 12 nitrogen and oxygen atoms in total. The quantitative estimate of drug-likeness (QED) is 0.344. The number of hydrogen-bond donors (Lipinski definition) is 3. The fourth-order valence-electron chi connectivity index (χ4n) is 4.32. The van der Waals surface area contributed by atoms with E-state index in [1.807, 2.05) is 0 Å². The summed E-state index contributed by atoms with van der Waals surface area (Å²) in [5, 5.41) is 14.7. The first-order chi connectivity index (χ1) is 13.1. The molecule has 4 aliphatic rings. The molecule has 0 bridgehead atoms. The Morgan fingerprint density at radius 3 is 2.61 bits per heavy atom. The molecule has 13 heteroatoms. The zero-order valence-electron chi connectivity index (χ0n) is 14.7. The van der Waals surface area contributed by atoms with Gasteiger partial charge in [0, 0.05) is 25.4 Å². The lowest BCUT2D eigenvalue weighted by Crippen LogP contribution is -2.70. The van der Waals surface area contributed by atoms with Crippen molar-refractivity contribution in [2.24, 2.45) is 5.92 Å². The minimum Gasteiger partial charge on any atom is -0.476 e. The summed E-state index contributed by atoms with van der Waals surface area (Å²) in [4.78, 5) is 50.8. The van der Waals surface area contributed by atoms with Crippen molar-refractivity contribution in [2.75, 3.05) is 19.3 Å². The van der Waals surface area contributed by atoms with E-state index in [4.69, 9.17) is 4.18 Å². The van der Waals surface area contributed by atoms with Gasteiger partial charge in [-0.3, -0.25) is 14.5 Å². The average Bonchev–Trinajstić information content (AvgIpc) is 3.13. The number of urea groups is 1. The Kier molecular flexibility index (Phi) is 4.03. The van der Waals surface area contributed by atoms with Crippen molar-refractivity contribution in [2.45, 2.75) is 31.0 Å². The minimum atomic E-state index is -3.99. The van der Waals surface area contributed by atoms with Gasteiger partial charge in [-0.15, -0.1) is 0 Å². The van der Waals surface area contributed by atoms with Gasteiger partial charge < -0.3 is 24.8 Å². The molecule has 0 unspecified atom stereocenters. The van der Waals surface area contributed by atoms with E-state index in [0.29, 0.717) is 13.0 Å². The summed E-state index contributed by atoms with van der Waals surface area (Å²) in [5.74, 6) is -3.09. The van der Waals surface area contributed by atoms with Crippen molar-refractivity contribution < 1.29 is 36.9 Å². The van der Waals surface area contributed by atoms with Crippen molar-refractivity contribution in [1.82, 2.24) is 20.4 Å². The van der Waals surface area contributed by atoms with Crippen LogP contribution in [0.5, 0.6) is 0 Å². The monoisotopic (exact) mass is 414 g/mol. The molecule has 3 fully saturated rings. The van der Waals surface area contributed by atoms with Crippen molar-refractivity contribution in [1.29, 1.82) is 0 Å². The van der Waals surface area contributed by atoms with E-state index < -0.39 is 51.8 Å². The van der Waals surface area contributed by atoms with Crippen LogP contribution in [-0.4, -0.2) is 84.6 Å². The molecule has 4 rings (SSSR count).